The lowest BCUT2D eigenvalue weighted by Crippen LogP contribution is -2.38. The Morgan fingerprint density at radius 2 is 2.02 bits per heavy atom. The van der Waals surface area contributed by atoms with Crippen molar-refractivity contribution in [1.29, 1.82) is 5.26 Å². The van der Waals surface area contributed by atoms with E-state index in [4.69, 9.17) is 32.9 Å². The predicted molar refractivity (Wildman–Crippen MR) is 170 cm³/mol. The summed E-state index contributed by atoms with van der Waals surface area (Å²) in [5, 5.41) is 25.1. The van der Waals surface area contributed by atoms with Crippen LogP contribution >= 0.6 is 23.2 Å². The van der Waals surface area contributed by atoms with Gasteiger partial charge in [0.25, 0.3) is 0 Å². The van der Waals surface area contributed by atoms with E-state index in [2.05, 4.69) is 54.7 Å². The van der Waals surface area contributed by atoms with E-state index in [1.807, 2.05) is 6.07 Å². The highest BCUT2D eigenvalue weighted by Crippen LogP contribution is 2.45. The summed E-state index contributed by atoms with van der Waals surface area (Å²) in [6, 6.07) is 9.33. The molecule has 4 aromatic rings. The van der Waals surface area contributed by atoms with E-state index in [1.54, 1.807) is 0 Å². The quantitative estimate of drug-likeness (QED) is 0.223. The minimum atomic E-state index is -0.589. The van der Waals surface area contributed by atoms with Gasteiger partial charge >= 0.3 is 0 Å². The fraction of sp³-hybridized carbons (Fsp3) is 0.455. The number of nitriles is 1. The van der Waals surface area contributed by atoms with E-state index >= 15 is 4.39 Å². The number of hydrogen-bond acceptors (Lipinski definition) is 6. The third kappa shape index (κ3) is 5.21. The molecule has 2 aromatic carbocycles. The van der Waals surface area contributed by atoms with Crippen LogP contribution in [-0.2, 0) is 6.42 Å². The van der Waals surface area contributed by atoms with Crippen LogP contribution in [0, 0.1) is 30.0 Å². The van der Waals surface area contributed by atoms with Crippen LogP contribution in [-0.4, -0.2) is 58.4 Å². The van der Waals surface area contributed by atoms with Gasteiger partial charge in [-0.25, -0.2) is 9.37 Å². The van der Waals surface area contributed by atoms with E-state index < -0.39 is 5.82 Å². The summed E-state index contributed by atoms with van der Waals surface area (Å²) in [5.41, 5.74) is 3.09. The summed E-state index contributed by atoms with van der Waals surface area (Å²) >= 11 is 12.9. The first kappa shape index (κ1) is 30.0. The maximum absolute atomic E-state index is 17.1. The lowest BCUT2D eigenvalue weighted by molar-refractivity contribution is 0.119. The highest BCUT2D eigenvalue weighted by atomic mass is 35.5. The first-order chi connectivity index (χ1) is 20.6. The van der Waals surface area contributed by atoms with Crippen molar-refractivity contribution in [2.45, 2.75) is 64.6 Å². The van der Waals surface area contributed by atoms with Gasteiger partial charge in [-0.15, -0.1) is 0 Å². The number of phenols is 1. The van der Waals surface area contributed by atoms with Gasteiger partial charge in [0, 0.05) is 47.3 Å². The zero-order valence-electron chi connectivity index (χ0n) is 24.8. The minimum absolute atomic E-state index is 0.108. The summed E-state index contributed by atoms with van der Waals surface area (Å²) in [7, 11) is 2.11. The molecule has 0 bridgehead atoms. The van der Waals surface area contributed by atoms with E-state index in [-0.39, 0.29) is 63.5 Å². The number of phenolic OH excluding ortho intramolecular Hbond substituents is 1. The second kappa shape index (κ2) is 11.8. The first-order valence-corrected chi connectivity index (χ1v) is 15.7. The maximum atomic E-state index is 17.1. The van der Waals surface area contributed by atoms with Crippen molar-refractivity contribution in [3.05, 3.63) is 51.4 Å². The number of aryl methyl sites for hydroxylation is 2. The standard InChI is InChI=1S/C33H36Cl2FN5O2/c1-17-15-38-16-27(17)41-18(2)11-24-32(41)23-12-20(7-5-9-37)28(22-13-21(42)14-25(34)29(22)35)30(36)31(23)39-33(24)43-19(3)26-8-6-10-40(26)4/h11-14,17,19,26-27,38,42H,5-8,10,15-16H2,1-4H3/t17-,19+,26+,27-/m1/s1. The van der Waals surface area contributed by atoms with Gasteiger partial charge in [-0.05, 0) is 82.9 Å². The Bertz CT molecular complexity index is 1770. The summed E-state index contributed by atoms with van der Waals surface area (Å²) in [6.45, 7) is 9.05. The highest BCUT2D eigenvalue weighted by molar-refractivity contribution is 6.44. The Hall–Kier alpha value is -3.09. The van der Waals surface area contributed by atoms with Crippen LogP contribution in [0.15, 0.2) is 24.3 Å². The number of likely N-dealkylation sites (tertiary alicyclic amines) is 1. The Morgan fingerprint density at radius 1 is 1.23 bits per heavy atom. The number of nitrogens with one attached hydrogen (secondary N) is 1. The Labute approximate surface area is 261 Å². The zero-order chi connectivity index (χ0) is 30.6. The number of ether oxygens (including phenoxy) is 1. The molecule has 10 heteroatoms. The normalized spacial score (nSPS) is 21.6. The SMILES string of the molecule is Cc1cc2c(O[C@@H](C)[C@@H]3CCCN3C)nc3c(F)c(-c4cc(O)cc(Cl)c4Cl)c(CCC#N)cc3c2n1[C@@H]1CNC[C@H]1C. The van der Waals surface area contributed by atoms with Crippen LogP contribution < -0.4 is 10.1 Å². The van der Waals surface area contributed by atoms with Gasteiger partial charge in [-0.1, -0.05) is 30.1 Å². The molecule has 2 N–H and O–H groups in total. The predicted octanol–water partition coefficient (Wildman–Crippen LogP) is 7.41. The topological polar surface area (TPSA) is 86.3 Å². The van der Waals surface area contributed by atoms with Crippen molar-refractivity contribution in [2.24, 2.45) is 5.92 Å². The van der Waals surface area contributed by atoms with Crippen LogP contribution in [0.25, 0.3) is 32.9 Å². The molecule has 4 atom stereocenters. The number of nitrogens with zero attached hydrogens (tertiary/aromatic N) is 4. The summed E-state index contributed by atoms with van der Waals surface area (Å²) in [6.07, 6.45) is 2.43. The largest absolute Gasteiger partial charge is 0.508 e. The smallest absolute Gasteiger partial charge is 0.223 e. The third-order valence-electron chi connectivity index (χ3n) is 9.26. The number of halogens is 3. The van der Waals surface area contributed by atoms with Crippen molar-refractivity contribution in [1.82, 2.24) is 19.8 Å². The molecule has 0 saturated carbocycles. The third-order valence-corrected chi connectivity index (χ3v) is 10.1. The molecule has 2 saturated heterocycles. The number of rotatable bonds is 7. The molecule has 226 valence electrons. The zero-order valence-corrected chi connectivity index (χ0v) is 26.4. The van der Waals surface area contributed by atoms with E-state index in [1.165, 1.54) is 12.1 Å². The lowest BCUT2D eigenvalue weighted by Gasteiger charge is -2.27. The van der Waals surface area contributed by atoms with Crippen LogP contribution in [0.5, 0.6) is 11.6 Å². The molecular formula is C33H36Cl2FN5O2. The molecule has 2 aliphatic heterocycles. The van der Waals surface area contributed by atoms with Gasteiger partial charge in [0.15, 0.2) is 5.82 Å². The molecule has 0 spiro atoms. The van der Waals surface area contributed by atoms with Gasteiger partial charge in [0.05, 0.1) is 33.1 Å². The molecule has 43 heavy (non-hydrogen) atoms. The molecule has 2 fully saturated rings. The molecule has 7 nitrogen and oxygen atoms in total. The van der Waals surface area contributed by atoms with Gasteiger partial charge < -0.3 is 19.7 Å². The molecule has 0 aliphatic carbocycles. The number of fused-ring (bicyclic) bond motifs is 3. The second-order valence-corrected chi connectivity index (χ2v) is 12.9. The average Bonchev–Trinajstić information content (AvgIpc) is 3.68. The monoisotopic (exact) mass is 623 g/mol. The summed E-state index contributed by atoms with van der Waals surface area (Å²) in [5.74, 6) is 0.0347. The van der Waals surface area contributed by atoms with Crippen molar-refractivity contribution < 1.29 is 14.2 Å². The number of benzene rings is 2. The first-order valence-electron chi connectivity index (χ1n) is 14.9. The molecule has 2 aliphatic rings. The Kier molecular flexibility index (Phi) is 8.20. The van der Waals surface area contributed by atoms with Gasteiger partial charge in [0.1, 0.15) is 17.4 Å². The maximum Gasteiger partial charge on any atom is 0.223 e. The molecule has 2 aromatic heterocycles. The Balaban J connectivity index is 1.67. The number of hydrogen-bond donors (Lipinski definition) is 2. The van der Waals surface area contributed by atoms with Crippen molar-refractivity contribution in [3.8, 4) is 28.8 Å². The fourth-order valence-corrected chi connectivity index (χ4v) is 7.53. The number of pyridine rings is 1. The van der Waals surface area contributed by atoms with E-state index in [9.17, 15) is 10.4 Å². The van der Waals surface area contributed by atoms with Crippen molar-refractivity contribution in [2.75, 3.05) is 26.7 Å². The molecule has 0 amide bonds. The minimum Gasteiger partial charge on any atom is -0.508 e. The van der Waals surface area contributed by atoms with Crippen LogP contribution in [0.1, 0.15) is 50.4 Å². The van der Waals surface area contributed by atoms with Gasteiger partial charge in [-0.3, -0.25) is 4.90 Å². The van der Waals surface area contributed by atoms with Crippen LogP contribution in [0.3, 0.4) is 0 Å². The molecule has 0 radical (unpaired) electrons. The highest BCUT2D eigenvalue weighted by Gasteiger charge is 2.32. The summed E-state index contributed by atoms with van der Waals surface area (Å²) < 4.78 is 26.0. The number of aromatic nitrogens is 2. The molecule has 6 rings (SSSR count). The Morgan fingerprint density at radius 3 is 2.70 bits per heavy atom. The average molecular weight is 625 g/mol. The number of aromatic hydroxyl groups is 1. The summed E-state index contributed by atoms with van der Waals surface area (Å²) in [4.78, 5) is 7.18. The molecule has 0 unspecified atom stereocenters. The van der Waals surface area contributed by atoms with Crippen molar-refractivity contribution >= 4 is 45.0 Å². The van der Waals surface area contributed by atoms with E-state index in [0.717, 1.165) is 49.1 Å². The van der Waals surface area contributed by atoms with Crippen molar-refractivity contribution in [3.63, 3.8) is 0 Å². The number of likely N-dealkylation sites (N-methyl/N-ethyl adjacent to an activating group) is 1. The molecular weight excluding hydrogens is 588 g/mol. The van der Waals surface area contributed by atoms with Gasteiger partial charge in [-0.2, -0.15) is 5.26 Å². The lowest BCUT2D eigenvalue weighted by atomic mass is 9.93. The van der Waals surface area contributed by atoms with E-state index in [0.29, 0.717) is 22.7 Å². The van der Waals surface area contributed by atoms with Crippen LogP contribution in [0.2, 0.25) is 10.0 Å². The van der Waals surface area contributed by atoms with Gasteiger partial charge in [0.2, 0.25) is 5.88 Å². The fourth-order valence-electron chi connectivity index (χ4n) is 7.11. The second-order valence-electron chi connectivity index (χ2n) is 12.1. The molecule has 4 heterocycles. The van der Waals surface area contributed by atoms with Crippen LogP contribution in [0.4, 0.5) is 4.39 Å².